The fraction of sp³-hybridized carbons (Fsp3) is 0.429. The zero-order chi connectivity index (χ0) is 38.9. The molecule has 0 radical (unpaired) electrons. The Labute approximate surface area is 315 Å². The van der Waals surface area contributed by atoms with Gasteiger partial charge in [0.05, 0.1) is 12.2 Å². The van der Waals surface area contributed by atoms with Gasteiger partial charge in [-0.3, -0.25) is 0 Å². The van der Waals surface area contributed by atoms with Crippen molar-refractivity contribution in [2.45, 2.75) is 103 Å². The predicted molar refractivity (Wildman–Crippen MR) is 202 cm³/mol. The highest BCUT2D eigenvalue weighted by Gasteiger charge is 2.40. The molecule has 54 heavy (non-hydrogen) atoms. The van der Waals surface area contributed by atoms with Crippen LogP contribution >= 0.6 is 0 Å². The molecule has 0 amide bonds. The summed E-state index contributed by atoms with van der Waals surface area (Å²) >= 11 is 0. The second kappa shape index (κ2) is 18.0. The van der Waals surface area contributed by atoms with Crippen LogP contribution in [0.25, 0.3) is 12.2 Å². The summed E-state index contributed by atoms with van der Waals surface area (Å²) in [5.41, 5.74) is -1.65. The minimum absolute atomic E-state index is 0.00877. The molecule has 0 aromatic carbocycles. The van der Waals surface area contributed by atoms with Crippen LogP contribution in [0.2, 0.25) is 0 Å². The molecule has 2 fully saturated rings. The molecule has 12 heteroatoms. The molecule has 0 saturated carbocycles. The van der Waals surface area contributed by atoms with E-state index in [0.29, 0.717) is 12.8 Å². The van der Waals surface area contributed by atoms with Crippen molar-refractivity contribution in [2.24, 2.45) is 10.8 Å². The van der Waals surface area contributed by atoms with Crippen LogP contribution in [0.5, 0.6) is 0 Å². The molecule has 3 aliphatic heterocycles. The first-order chi connectivity index (χ1) is 25.8. The molecule has 2 saturated heterocycles. The lowest BCUT2D eigenvalue weighted by molar-refractivity contribution is -0.0461. The molecule has 8 atom stereocenters. The Kier molecular flexibility index (Phi) is 13.4. The number of cyclic esters (lactones) is 2. The highest BCUT2D eigenvalue weighted by Crippen LogP contribution is 2.34. The highest BCUT2D eigenvalue weighted by molar-refractivity contribution is 5.87. The van der Waals surface area contributed by atoms with Gasteiger partial charge in [0.1, 0.15) is 49.2 Å². The van der Waals surface area contributed by atoms with E-state index in [4.69, 9.17) is 27.8 Å². The van der Waals surface area contributed by atoms with Crippen LogP contribution in [0.1, 0.15) is 87.1 Å². The van der Waals surface area contributed by atoms with Gasteiger partial charge in [-0.15, -0.1) is 0 Å². The van der Waals surface area contributed by atoms with Crippen LogP contribution in [0.4, 0.5) is 0 Å². The van der Waals surface area contributed by atoms with E-state index < -0.39 is 47.2 Å². The van der Waals surface area contributed by atoms with Crippen molar-refractivity contribution in [3.8, 4) is 0 Å². The summed E-state index contributed by atoms with van der Waals surface area (Å²) in [6.45, 7) is 11.0. The molecule has 2 aromatic rings. The van der Waals surface area contributed by atoms with Crippen molar-refractivity contribution in [1.82, 2.24) is 9.97 Å². The van der Waals surface area contributed by atoms with Crippen molar-refractivity contribution in [3.63, 3.8) is 0 Å². The van der Waals surface area contributed by atoms with Crippen molar-refractivity contribution in [2.75, 3.05) is 0 Å². The smallest absolute Gasteiger partial charge is 0.360 e. The predicted octanol–water partition coefficient (Wildman–Crippen LogP) is 6.92. The van der Waals surface area contributed by atoms with Gasteiger partial charge in [0.15, 0.2) is 11.4 Å². The standard InChI is InChI=1S/C42H50N2O10/c1-7-15-33(45)41(3,4)35-21-13-19-31-29(51-31)17-9-12-24-38-44-28(26-50-38)40(48)54-36(42(5,6)34(46)16-8-2)22-14-20-32-30(52-32)18-10-11-23-37-43-27(25-49-37)39(47)53-35/h7-20,23-26,29-36,45-46H,21-22H2,1-6H3/b15-7+,16-8+,17-9+,18-10+,19-13-,20-14-,23-11-,24-12-/t29-,30-,31+,32+,33+,34+,35-,36+/m1/s1. The molecule has 2 aromatic heterocycles. The first-order valence-corrected chi connectivity index (χ1v) is 18.1. The Hall–Kier alpha value is -4.88. The second-order valence-electron chi connectivity index (χ2n) is 14.5. The number of rotatable bonds is 6. The Morgan fingerprint density at radius 1 is 0.648 bits per heavy atom. The van der Waals surface area contributed by atoms with E-state index >= 15 is 0 Å². The van der Waals surface area contributed by atoms with Gasteiger partial charge in [-0.25, -0.2) is 19.6 Å². The molecule has 3 aliphatic rings. The lowest BCUT2D eigenvalue weighted by atomic mass is 9.79. The van der Waals surface area contributed by atoms with Crippen molar-refractivity contribution < 1.29 is 47.6 Å². The average molecular weight is 743 g/mol. The summed E-state index contributed by atoms with van der Waals surface area (Å²) in [5.74, 6) is -0.902. The Bertz CT molecular complexity index is 1700. The molecule has 5 rings (SSSR count). The number of ether oxygens (including phenoxy) is 4. The number of hydrogen-bond acceptors (Lipinski definition) is 12. The third-order valence-electron chi connectivity index (χ3n) is 9.67. The Balaban J connectivity index is 1.35. The number of oxazole rings is 2. The van der Waals surface area contributed by atoms with Crippen LogP contribution in [0.15, 0.2) is 106 Å². The van der Waals surface area contributed by atoms with Gasteiger partial charge < -0.3 is 38.0 Å². The zero-order valence-corrected chi connectivity index (χ0v) is 31.5. The number of esters is 2. The van der Waals surface area contributed by atoms with Crippen molar-refractivity contribution in [1.29, 1.82) is 0 Å². The van der Waals surface area contributed by atoms with Crippen LogP contribution in [-0.2, 0) is 18.9 Å². The van der Waals surface area contributed by atoms with Crippen LogP contribution < -0.4 is 0 Å². The van der Waals surface area contributed by atoms with E-state index in [2.05, 4.69) is 9.97 Å². The van der Waals surface area contributed by atoms with Crippen LogP contribution in [-0.4, -0.2) is 81.0 Å². The van der Waals surface area contributed by atoms with Crippen molar-refractivity contribution >= 4 is 24.1 Å². The molecular formula is C42H50N2O10. The topological polar surface area (TPSA) is 170 Å². The second-order valence-corrected chi connectivity index (χ2v) is 14.5. The fourth-order valence-electron chi connectivity index (χ4n) is 5.73. The maximum absolute atomic E-state index is 13.2. The zero-order valence-electron chi connectivity index (χ0n) is 31.5. The summed E-state index contributed by atoms with van der Waals surface area (Å²) in [7, 11) is 0. The van der Waals surface area contributed by atoms with E-state index in [0.717, 1.165) is 0 Å². The number of aliphatic hydroxyl groups excluding tert-OH is 2. The molecule has 0 aliphatic carbocycles. The summed E-state index contributed by atoms with van der Waals surface area (Å²) < 4.78 is 34.3. The molecule has 12 nitrogen and oxygen atoms in total. The van der Waals surface area contributed by atoms with E-state index in [9.17, 15) is 19.8 Å². The highest BCUT2D eigenvalue weighted by atomic mass is 16.6. The number of hydrogen-bond donors (Lipinski definition) is 2. The van der Waals surface area contributed by atoms with Crippen molar-refractivity contribution in [3.05, 3.63) is 121 Å². The number of carbonyl (C=O) groups is 2. The molecule has 5 heterocycles. The molecule has 0 spiro atoms. The number of aromatic nitrogens is 2. The van der Waals surface area contributed by atoms with Gasteiger partial charge in [-0.1, -0.05) is 113 Å². The Morgan fingerprint density at radius 3 is 1.43 bits per heavy atom. The largest absolute Gasteiger partial charge is 0.457 e. The van der Waals surface area contributed by atoms with E-state index in [1.165, 1.54) is 12.5 Å². The Morgan fingerprint density at radius 2 is 1.04 bits per heavy atom. The minimum Gasteiger partial charge on any atom is -0.457 e. The van der Waals surface area contributed by atoms with Gasteiger partial charge in [0.25, 0.3) is 0 Å². The number of nitrogens with zero attached hydrogens (tertiary/aromatic N) is 2. The van der Waals surface area contributed by atoms with Gasteiger partial charge in [-0.05, 0) is 13.8 Å². The first kappa shape index (κ1) is 40.3. The van der Waals surface area contributed by atoms with Gasteiger partial charge in [-0.2, -0.15) is 0 Å². The van der Waals surface area contributed by atoms with E-state index in [1.807, 2.05) is 78.0 Å². The maximum Gasteiger partial charge on any atom is 0.360 e. The summed E-state index contributed by atoms with van der Waals surface area (Å²) in [4.78, 5) is 35.0. The average Bonchev–Trinajstić information content (AvgIpc) is 3.93. The normalized spacial score (nSPS) is 30.5. The lowest BCUT2D eigenvalue weighted by Crippen LogP contribution is -2.42. The van der Waals surface area contributed by atoms with Crippen LogP contribution in [0.3, 0.4) is 0 Å². The van der Waals surface area contributed by atoms with Crippen LogP contribution in [0, 0.1) is 10.8 Å². The number of fused-ring (bicyclic) bond motifs is 6. The first-order valence-electron chi connectivity index (χ1n) is 18.1. The van der Waals surface area contributed by atoms with Gasteiger partial charge in [0, 0.05) is 35.8 Å². The van der Waals surface area contributed by atoms with Gasteiger partial charge in [0.2, 0.25) is 11.8 Å². The summed E-state index contributed by atoms with van der Waals surface area (Å²) in [6.07, 6.45) is 27.7. The molecule has 288 valence electrons. The molecule has 4 bridgehead atoms. The fourth-order valence-corrected chi connectivity index (χ4v) is 5.73. The molecule has 2 N–H and O–H groups in total. The maximum atomic E-state index is 13.2. The minimum atomic E-state index is -0.874. The third-order valence-corrected chi connectivity index (χ3v) is 9.67. The SMILES string of the molecule is C/C=C/[C@H](O)C(C)(C)[C@@H]1C/C=C\[C@@H]2O[C@@H]2/C=C/C=C\c2nc(co2)C(=O)O[C@@H](C(C)(C)[C@@H](O)/C=C/C)C/C=C\[C@@H]2O[C@@H]2/C=C/C=C\c2nc(co2)C(=O)O1. The van der Waals surface area contributed by atoms with E-state index in [-0.39, 0.29) is 47.6 Å². The third kappa shape index (κ3) is 10.6. The molecule has 0 unspecified atom stereocenters. The lowest BCUT2D eigenvalue weighted by Gasteiger charge is -2.36. The number of allylic oxidation sites excluding steroid dienone is 6. The number of epoxide rings is 2. The monoisotopic (exact) mass is 742 g/mol. The number of aliphatic hydroxyl groups is 2. The van der Waals surface area contributed by atoms with E-state index in [1.54, 1.807) is 60.8 Å². The summed E-state index contributed by atoms with van der Waals surface area (Å²) in [5, 5.41) is 21.8. The number of carbonyl (C=O) groups excluding carboxylic acids is 2. The molecular weight excluding hydrogens is 692 g/mol. The summed E-state index contributed by atoms with van der Waals surface area (Å²) in [6, 6.07) is 0. The quantitative estimate of drug-likeness (QED) is 0.178. The van der Waals surface area contributed by atoms with Gasteiger partial charge >= 0.3 is 11.9 Å².